The van der Waals surface area contributed by atoms with Crippen molar-refractivity contribution in [2.75, 3.05) is 19.7 Å². The molecular formula is C19H23NO. The van der Waals surface area contributed by atoms with Gasteiger partial charge in [0.15, 0.2) is 0 Å². The number of benzene rings is 2. The zero-order chi connectivity index (χ0) is 14.7. The molecule has 2 heteroatoms. The molecule has 1 aliphatic rings. The fourth-order valence-electron chi connectivity index (χ4n) is 3.26. The van der Waals surface area contributed by atoms with Crippen molar-refractivity contribution < 1.29 is 5.11 Å². The smallest absolute Gasteiger partial charge is 0.0537 e. The van der Waals surface area contributed by atoms with Gasteiger partial charge >= 0.3 is 0 Å². The zero-order valence-corrected chi connectivity index (χ0v) is 12.6. The van der Waals surface area contributed by atoms with Crippen LogP contribution in [0, 0.1) is 0 Å². The Bertz CT molecular complexity index is 596. The quantitative estimate of drug-likeness (QED) is 0.931. The molecule has 1 heterocycles. The van der Waals surface area contributed by atoms with E-state index in [0.29, 0.717) is 0 Å². The van der Waals surface area contributed by atoms with Gasteiger partial charge in [-0.15, -0.1) is 0 Å². The average Bonchev–Trinajstić information content (AvgIpc) is 2.55. The standard InChI is InChI=1S/C19H23NO/c1-19(15-21,18-9-3-2-4-10-18)14-20-12-11-16-7-5-6-8-17(16)13-20/h2-10,21H,11-15H2,1H3. The summed E-state index contributed by atoms with van der Waals surface area (Å²) in [4.78, 5) is 2.46. The fourth-order valence-corrected chi connectivity index (χ4v) is 3.26. The minimum Gasteiger partial charge on any atom is -0.395 e. The molecule has 0 bridgehead atoms. The Hall–Kier alpha value is -1.64. The molecule has 1 unspecified atom stereocenters. The summed E-state index contributed by atoms with van der Waals surface area (Å²) in [7, 11) is 0. The van der Waals surface area contributed by atoms with Gasteiger partial charge in [-0.2, -0.15) is 0 Å². The topological polar surface area (TPSA) is 23.5 Å². The Kier molecular flexibility index (Phi) is 4.09. The molecular weight excluding hydrogens is 258 g/mol. The first-order chi connectivity index (χ1) is 10.2. The van der Waals surface area contributed by atoms with E-state index in [1.807, 2.05) is 6.07 Å². The van der Waals surface area contributed by atoms with Crippen molar-refractivity contribution in [3.8, 4) is 0 Å². The SMILES string of the molecule is CC(CO)(CN1CCc2ccccc2C1)c1ccccc1. The summed E-state index contributed by atoms with van der Waals surface area (Å²) in [5, 5.41) is 9.94. The highest BCUT2D eigenvalue weighted by Gasteiger charge is 2.29. The van der Waals surface area contributed by atoms with Gasteiger partial charge in [0, 0.05) is 25.0 Å². The van der Waals surface area contributed by atoms with Gasteiger partial charge in [-0.25, -0.2) is 0 Å². The van der Waals surface area contributed by atoms with Crippen LogP contribution in [0.1, 0.15) is 23.6 Å². The lowest BCUT2D eigenvalue weighted by molar-refractivity contribution is 0.136. The van der Waals surface area contributed by atoms with E-state index in [1.165, 1.54) is 16.7 Å². The summed E-state index contributed by atoms with van der Waals surface area (Å²) in [6.45, 7) is 5.28. The molecule has 2 aromatic rings. The van der Waals surface area contributed by atoms with E-state index in [2.05, 4.69) is 60.4 Å². The molecule has 0 saturated carbocycles. The molecule has 2 nitrogen and oxygen atoms in total. The van der Waals surface area contributed by atoms with Gasteiger partial charge in [0.25, 0.3) is 0 Å². The molecule has 0 fully saturated rings. The van der Waals surface area contributed by atoms with Gasteiger partial charge in [0.2, 0.25) is 0 Å². The number of fused-ring (bicyclic) bond motifs is 1. The molecule has 0 radical (unpaired) electrons. The number of aliphatic hydroxyl groups is 1. The Balaban J connectivity index is 1.77. The van der Waals surface area contributed by atoms with E-state index < -0.39 is 0 Å². The van der Waals surface area contributed by atoms with E-state index in [4.69, 9.17) is 0 Å². The normalized spacial score (nSPS) is 18.0. The largest absolute Gasteiger partial charge is 0.395 e. The van der Waals surface area contributed by atoms with Crippen molar-refractivity contribution in [1.82, 2.24) is 4.90 Å². The first-order valence-electron chi connectivity index (χ1n) is 7.67. The van der Waals surface area contributed by atoms with Gasteiger partial charge in [-0.1, -0.05) is 61.5 Å². The van der Waals surface area contributed by atoms with Gasteiger partial charge < -0.3 is 5.11 Å². The molecule has 0 aromatic heterocycles. The van der Waals surface area contributed by atoms with Crippen molar-refractivity contribution in [3.63, 3.8) is 0 Å². The number of hydrogen-bond donors (Lipinski definition) is 1. The molecule has 1 N–H and O–H groups in total. The molecule has 0 saturated heterocycles. The fraction of sp³-hybridized carbons (Fsp3) is 0.368. The van der Waals surface area contributed by atoms with Crippen LogP contribution < -0.4 is 0 Å². The highest BCUT2D eigenvalue weighted by Crippen LogP contribution is 2.27. The summed E-state index contributed by atoms with van der Waals surface area (Å²) in [5.74, 6) is 0. The molecule has 110 valence electrons. The summed E-state index contributed by atoms with van der Waals surface area (Å²) >= 11 is 0. The second-order valence-corrected chi connectivity index (χ2v) is 6.31. The molecule has 0 aliphatic carbocycles. The molecule has 0 amide bonds. The van der Waals surface area contributed by atoms with Gasteiger partial charge in [-0.3, -0.25) is 4.90 Å². The second kappa shape index (κ2) is 6.00. The minimum absolute atomic E-state index is 0.176. The van der Waals surface area contributed by atoms with Crippen molar-refractivity contribution in [2.24, 2.45) is 0 Å². The van der Waals surface area contributed by atoms with Crippen molar-refractivity contribution in [1.29, 1.82) is 0 Å². The Morgan fingerprint density at radius 3 is 2.38 bits per heavy atom. The molecule has 21 heavy (non-hydrogen) atoms. The summed E-state index contributed by atoms with van der Waals surface area (Å²) in [6, 6.07) is 19.1. The van der Waals surface area contributed by atoms with Gasteiger partial charge in [0.05, 0.1) is 6.61 Å². The third-order valence-corrected chi connectivity index (χ3v) is 4.60. The molecule has 2 aromatic carbocycles. The van der Waals surface area contributed by atoms with Crippen LogP contribution >= 0.6 is 0 Å². The van der Waals surface area contributed by atoms with E-state index in [1.54, 1.807) is 0 Å². The van der Waals surface area contributed by atoms with Crippen LogP contribution in [-0.2, 0) is 18.4 Å². The number of hydrogen-bond acceptors (Lipinski definition) is 2. The van der Waals surface area contributed by atoms with Crippen molar-refractivity contribution >= 4 is 0 Å². The van der Waals surface area contributed by atoms with Crippen molar-refractivity contribution in [2.45, 2.75) is 25.3 Å². The predicted octanol–water partition coefficient (Wildman–Crippen LogP) is 2.99. The number of rotatable bonds is 4. The summed E-state index contributed by atoms with van der Waals surface area (Å²) in [5.41, 5.74) is 3.91. The third kappa shape index (κ3) is 3.02. The highest BCUT2D eigenvalue weighted by atomic mass is 16.3. The zero-order valence-electron chi connectivity index (χ0n) is 12.6. The third-order valence-electron chi connectivity index (χ3n) is 4.60. The van der Waals surface area contributed by atoms with Crippen LogP contribution in [0.2, 0.25) is 0 Å². The Morgan fingerprint density at radius 1 is 1.00 bits per heavy atom. The Morgan fingerprint density at radius 2 is 1.67 bits per heavy atom. The maximum Gasteiger partial charge on any atom is 0.0537 e. The lowest BCUT2D eigenvalue weighted by atomic mass is 9.82. The number of nitrogens with zero attached hydrogens (tertiary/aromatic N) is 1. The van der Waals surface area contributed by atoms with Crippen LogP contribution in [0.25, 0.3) is 0 Å². The minimum atomic E-state index is -0.201. The van der Waals surface area contributed by atoms with Crippen LogP contribution in [0.4, 0.5) is 0 Å². The van der Waals surface area contributed by atoms with Crippen LogP contribution in [0.5, 0.6) is 0 Å². The van der Waals surface area contributed by atoms with E-state index in [0.717, 1.165) is 26.1 Å². The average molecular weight is 281 g/mol. The van der Waals surface area contributed by atoms with Gasteiger partial charge in [-0.05, 0) is 23.1 Å². The highest BCUT2D eigenvalue weighted by molar-refractivity contribution is 5.30. The van der Waals surface area contributed by atoms with E-state index in [-0.39, 0.29) is 12.0 Å². The maximum atomic E-state index is 9.94. The van der Waals surface area contributed by atoms with E-state index in [9.17, 15) is 5.11 Å². The monoisotopic (exact) mass is 281 g/mol. The second-order valence-electron chi connectivity index (χ2n) is 6.31. The summed E-state index contributed by atoms with van der Waals surface area (Å²) in [6.07, 6.45) is 1.10. The van der Waals surface area contributed by atoms with Crippen molar-refractivity contribution in [3.05, 3.63) is 71.3 Å². The predicted molar refractivity (Wildman–Crippen MR) is 86.3 cm³/mol. The molecule has 1 aliphatic heterocycles. The lowest BCUT2D eigenvalue weighted by Gasteiger charge is -2.37. The van der Waals surface area contributed by atoms with Crippen LogP contribution in [0.15, 0.2) is 54.6 Å². The summed E-state index contributed by atoms with van der Waals surface area (Å²) < 4.78 is 0. The molecule has 3 rings (SSSR count). The van der Waals surface area contributed by atoms with Crippen LogP contribution in [0.3, 0.4) is 0 Å². The number of aliphatic hydroxyl groups excluding tert-OH is 1. The first kappa shape index (κ1) is 14.3. The van der Waals surface area contributed by atoms with Gasteiger partial charge in [0.1, 0.15) is 0 Å². The van der Waals surface area contributed by atoms with E-state index >= 15 is 0 Å². The molecule has 0 spiro atoms. The molecule has 1 atom stereocenters. The van der Waals surface area contributed by atoms with Crippen LogP contribution in [-0.4, -0.2) is 29.7 Å². The maximum absolute atomic E-state index is 9.94. The Labute approximate surface area is 127 Å². The lowest BCUT2D eigenvalue weighted by Crippen LogP contribution is -2.43. The first-order valence-corrected chi connectivity index (χ1v) is 7.67.